The molecule has 0 aromatic heterocycles. The van der Waals surface area contributed by atoms with Crippen LogP contribution < -0.4 is 0 Å². The summed E-state index contributed by atoms with van der Waals surface area (Å²) < 4.78 is 25.7. The smallest absolute Gasteiger partial charge is 0.241 e. The number of hydrogen-bond acceptors (Lipinski definition) is 5. The Morgan fingerprint density at radius 1 is 1.25 bits per heavy atom. The van der Waals surface area contributed by atoms with E-state index in [9.17, 15) is 18.8 Å². The molecule has 0 spiro atoms. The lowest BCUT2D eigenvalue weighted by atomic mass is 9.75. The number of carbonyl (C=O) groups is 3. The van der Waals surface area contributed by atoms with Crippen LogP contribution in [0.4, 0.5) is 4.39 Å². The van der Waals surface area contributed by atoms with Gasteiger partial charge in [0.2, 0.25) is 17.7 Å². The van der Waals surface area contributed by atoms with Crippen LogP contribution in [0.3, 0.4) is 0 Å². The minimum atomic E-state index is -1.54. The average molecular weight is 447 g/mol. The van der Waals surface area contributed by atoms with Crippen molar-refractivity contribution in [2.24, 2.45) is 5.92 Å². The highest BCUT2D eigenvalue weighted by Crippen LogP contribution is 2.42. The van der Waals surface area contributed by atoms with Crippen molar-refractivity contribution in [1.29, 1.82) is 0 Å². The molecule has 3 aliphatic rings. The van der Waals surface area contributed by atoms with Crippen LogP contribution in [0.5, 0.6) is 0 Å². The number of benzene rings is 1. The van der Waals surface area contributed by atoms with Crippen LogP contribution in [0.1, 0.15) is 44.1 Å². The predicted octanol–water partition coefficient (Wildman–Crippen LogP) is 2.28. The molecule has 7 nitrogen and oxygen atoms in total. The quantitative estimate of drug-likeness (QED) is 0.516. The Morgan fingerprint density at radius 3 is 2.69 bits per heavy atom. The zero-order valence-corrected chi connectivity index (χ0v) is 18.6. The van der Waals surface area contributed by atoms with Crippen molar-refractivity contribution in [2.75, 3.05) is 40.0 Å². The van der Waals surface area contributed by atoms with Gasteiger partial charge >= 0.3 is 0 Å². The summed E-state index contributed by atoms with van der Waals surface area (Å²) in [5, 5.41) is 0. The molecule has 8 heteroatoms. The SMILES string of the molecule is COCCN1C(=O)C[C@](CC(=O)N(CC2CC2)C[C@H]2CCCO2)(c2ccccc2F)C1=O. The number of likely N-dealkylation sites (tertiary alicyclic amines) is 1. The van der Waals surface area contributed by atoms with Crippen LogP contribution in [0.2, 0.25) is 0 Å². The first-order chi connectivity index (χ1) is 15.4. The summed E-state index contributed by atoms with van der Waals surface area (Å²) in [4.78, 5) is 42.7. The van der Waals surface area contributed by atoms with Crippen molar-refractivity contribution in [3.05, 3.63) is 35.6 Å². The molecule has 1 saturated carbocycles. The van der Waals surface area contributed by atoms with Gasteiger partial charge in [0.05, 0.1) is 24.7 Å². The summed E-state index contributed by atoms with van der Waals surface area (Å²) in [7, 11) is 1.49. The number of carbonyl (C=O) groups excluding carboxylic acids is 3. The molecule has 0 unspecified atom stereocenters. The number of nitrogens with zero attached hydrogens (tertiary/aromatic N) is 2. The standard InChI is InChI=1S/C24H31FN2O5/c1-31-12-10-27-22(29)14-24(23(27)30,19-6-2-3-7-20(19)25)13-21(28)26(15-17-8-9-17)16-18-5-4-11-32-18/h2-3,6-7,17-18H,4-5,8-16H2,1H3/t18-,24-/m1/s1. The Bertz CT molecular complexity index is 868. The molecule has 2 aliphatic heterocycles. The van der Waals surface area contributed by atoms with E-state index in [1.165, 1.54) is 25.3 Å². The van der Waals surface area contributed by atoms with E-state index in [2.05, 4.69) is 0 Å². The van der Waals surface area contributed by atoms with Crippen molar-refractivity contribution in [2.45, 2.75) is 50.0 Å². The fourth-order valence-electron chi connectivity index (χ4n) is 4.80. The first-order valence-corrected chi connectivity index (χ1v) is 11.4. The summed E-state index contributed by atoms with van der Waals surface area (Å²) in [5.41, 5.74) is -1.43. The molecule has 174 valence electrons. The zero-order valence-electron chi connectivity index (χ0n) is 18.6. The normalized spacial score (nSPS) is 25.6. The number of rotatable bonds is 10. The van der Waals surface area contributed by atoms with Crippen LogP contribution in [-0.2, 0) is 29.3 Å². The van der Waals surface area contributed by atoms with Gasteiger partial charge in [-0.2, -0.15) is 0 Å². The maximum Gasteiger partial charge on any atom is 0.241 e. The first-order valence-electron chi connectivity index (χ1n) is 11.4. The number of ether oxygens (including phenoxy) is 2. The Hall–Kier alpha value is -2.32. The first kappa shape index (κ1) is 22.9. The highest BCUT2D eigenvalue weighted by molar-refractivity contribution is 6.10. The third kappa shape index (κ3) is 4.71. The van der Waals surface area contributed by atoms with Crippen molar-refractivity contribution >= 4 is 17.7 Å². The summed E-state index contributed by atoms with van der Waals surface area (Å²) in [6, 6.07) is 5.95. The van der Waals surface area contributed by atoms with E-state index in [4.69, 9.17) is 9.47 Å². The van der Waals surface area contributed by atoms with Crippen molar-refractivity contribution < 1.29 is 28.2 Å². The molecule has 1 aromatic rings. The molecule has 1 aliphatic carbocycles. The van der Waals surface area contributed by atoms with Gasteiger partial charge in [-0.15, -0.1) is 0 Å². The minimum absolute atomic E-state index is 0.0128. The fraction of sp³-hybridized carbons (Fsp3) is 0.625. The summed E-state index contributed by atoms with van der Waals surface area (Å²) in [6.45, 7) is 2.04. The van der Waals surface area contributed by atoms with Gasteiger partial charge < -0.3 is 14.4 Å². The fourth-order valence-corrected chi connectivity index (χ4v) is 4.80. The summed E-state index contributed by atoms with van der Waals surface area (Å²) >= 11 is 0. The van der Waals surface area contributed by atoms with E-state index in [1.807, 2.05) is 0 Å². The third-order valence-electron chi connectivity index (χ3n) is 6.75. The highest BCUT2D eigenvalue weighted by Gasteiger charge is 2.55. The second-order valence-corrected chi connectivity index (χ2v) is 9.14. The predicted molar refractivity (Wildman–Crippen MR) is 114 cm³/mol. The molecule has 4 rings (SSSR count). The molecule has 3 amide bonds. The van der Waals surface area contributed by atoms with Crippen LogP contribution >= 0.6 is 0 Å². The summed E-state index contributed by atoms with van der Waals surface area (Å²) in [6.07, 6.45) is 3.56. The van der Waals surface area contributed by atoms with Crippen LogP contribution in [0, 0.1) is 11.7 Å². The van der Waals surface area contributed by atoms with Gasteiger partial charge in [0.1, 0.15) is 5.82 Å². The lowest BCUT2D eigenvalue weighted by Gasteiger charge is -2.32. The maximum atomic E-state index is 14.9. The highest BCUT2D eigenvalue weighted by atomic mass is 19.1. The number of methoxy groups -OCH3 is 1. The Labute approximate surface area is 187 Å². The molecule has 32 heavy (non-hydrogen) atoms. The van der Waals surface area contributed by atoms with Gasteiger partial charge in [0.25, 0.3) is 0 Å². The molecule has 1 aromatic carbocycles. The van der Waals surface area contributed by atoms with Crippen LogP contribution in [-0.4, -0.2) is 73.6 Å². The van der Waals surface area contributed by atoms with E-state index in [-0.39, 0.29) is 43.6 Å². The Kier molecular flexibility index (Phi) is 6.90. The third-order valence-corrected chi connectivity index (χ3v) is 6.75. The maximum absolute atomic E-state index is 14.9. The molecular weight excluding hydrogens is 415 g/mol. The number of halogens is 1. The zero-order chi connectivity index (χ0) is 22.7. The van der Waals surface area contributed by atoms with E-state index in [0.29, 0.717) is 25.6 Å². The molecule has 3 fully saturated rings. The lowest BCUT2D eigenvalue weighted by Crippen LogP contribution is -2.46. The molecule has 2 saturated heterocycles. The van der Waals surface area contributed by atoms with Gasteiger partial charge in [-0.1, -0.05) is 18.2 Å². The van der Waals surface area contributed by atoms with Crippen molar-refractivity contribution in [3.8, 4) is 0 Å². The Balaban J connectivity index is 1.62. The number of imide groups is 1. The van der Waals surface area contributed by atoms with Crippen molar-refractivity contribution in [3.63, 3.8) is 0 Å². The van der Waals surface area contributed by atoms with Gasteiger partial charge in [-0.3, -0.25) is 19.3 Å². The van der Waals surface area contributed by atoms with Gasteiger partial charge in [-0.05, 0) is 37.7 Å². The second-order valence-electron chi connectivity index (χ2n) is 9.14. The van der Waals surface area contributed by atoms with Crippen LogP contribution in [0.15, 0.2) is 24.3 Å². The van der Waals surface area contributed by atoms with Crippen molar-refractivity contribution in [1.82, 2.24) is 9.80 Å². The average Bonchev–Trinajstić information content (AvgIpc) is 3.37. The summed E-state index contributed by atoms with van der Waals surface area (Å²) in [5.74, 6) is -1.28. The van der Waals surface area contributed by atoms with E-state index < -0.39 is 23.0 Å². The molecule has 2 heterocycles. The molecule has 0 N–H and O–H groups in total. The van der Waals surface area contributed by atoms with E-state index in [0.717, 1.165) is 30.6 Å². The minimum Gasteiger partial charge on any atom is -0.383 e. The Morgan fingerprint density at radius 2 is 2.03 bits per heavy atom. The monoisotopic (exact) mass is 446 g/mol. The number of hydrogen-bond donors (Lipinski definition) is 0. The second kappa shape index (κ2) is 9.67. The number of amides is 3. The molecular formula is C24H31FN2O5. The van der Waals surface area contributed by atoms with Gasteiger partial charge in [0.15, 0.2) is 0 Å². The molecule has 2 atom stereocenters. The van der Waals surface area contributed by atoms with E-state index in [1.54, 1.807) is 11.0 Å². The topological polar surface area (TPSA) is 76.2 Å². The molecule has 0 bridgehead atoms. The van der Waals surface area contributed by atoms with Gasteiger partial charge in [-0.25, -0.2) is 4.39 Å². The van der Waals surface area contributed by atoms with Gasteiger partial charge in [0, 0.05) is 45.2 Å². The van der Waals surface area contributed by atoms with Crippen LogP contribution in [0.25, 0.3) is 0 Å². The largest absolute Gasteiger partial charge is 0.383 e. The molecule has 0 radical (unpaired) electrons. The lowest BCUT2D eigenvalue weighted by molar-refractivity contribution is -0.143. The van der Waals surface area contributed by atoms with E-state index >= 15 is 0 Å².